The molecule has 0 N–H and O–H groups in total. The van der Waals surface area contributed by atoms with Crippen LogP contribution in [0.25, 0.3) is 0 Å². The maximum Gasteiger partial charge on any atom is 0.273 e. The molecule has 4 heterocycles. The summed E-state index contributed by atoms with van der Waals surface area (Å²) in [6.45, 7) is 3.31. The number of likely N-dealkylation sites (tertiary alicyclic amines) is 2. The third kappa shape index (κ3) is 3.45. The van der Waals surface area contributed by atoms with Gasteiger partial charge in [-0.3, -0.25) is 9.59 Å². The average molecular weight is 375 g/mol. The highest BCUT2D eigenvalue weighted by molar-refractivity contribution is 5.96. The minimum atomic E-state index is -0.479. The number of hydrogen-bond donors (Lipinski definition) is 0. The molecule has 4 rings (SSSR count). The van der Waals surface area contributed by atoms with Crippen LogP contribution in [0, 0.1) is 11.2 Å². The van der Waals surface area contributed by atoms with Gasteiger partial charge in [-0.2, -0.15) is 0 Å². The smallest absolute Gasteiger partial charge is 0.273 e. The van der Waals surface area contributed by atoms with Crippen LogP contribution in [-0.4, -0.2) is 65.5 Å². The molecule has 2 amide bonds. The van der Waals surface area contributed by atoms with Crippen molar-refractivity contribution in [3.05, 3.63) is 29.8 Å². The van der Waals surface area contributed by atoms with Crippen LogP contribution < -0.4 is 0 Å². The number of aromatic nitrogens is 1. The fraction of sp³-hybridized carbons (Fsp3) is 0.650. The Morgan fingerprint density at radius 3 is 2.48 bits per heavy atom. The van der Waals surface area contributed by atoms with Crippen molar-refractivity contribution < 1.29 is 18.7 Å². The first-order valence-corrected chi connectivity index (χ1v) is 9.90. The van der Waals surface area contributed by atoms with Crippen molar-refractivity contribution in [1.29, 1.82) is 0 Å². The van der Waals surface area contributed by atoms with Gasteiger partial charge in [-0.15, -0.1) is 0 Å². The van der Waals surface area contributed by atoms with E-state index in [0.717, 1.165) is 57.8 Å². The van der Waals surface area contributed by atoms with E-state index in [-0.39, 0.29) is 22.9 Å². The van der Waals surface area contributed by atoms with E-state index in [2.05, 4.69) is 4.98 Å². The highest BCUT2D eigenvalue weighted by Crippen LogP contribution is 2.45. The molecule has 0 radical (unpaired) electrons. The third-order valence-corrected chi connectivity index (χ3v) is 6.31. The predicted molar refractivity (Wildman–Crippen MR) is 96.6 cm³/mol. The lowest BCUT2D eigenvalue weighted by Crippen LogP contribution is -2.62. The number of carbonyl (C=O) groups is 2. The molecular formula is C20H26FN3O3. The number of rotatable bonds is 2. The van der Waals surface area contributed by atoms with E-state index in [1.165, 1.54) is 12.1 Å². The zero-order valence-corrected chi connectivity index (χ0v) is 15.5. The number of carbonyl (C=O) groups excluding carboxylic acids is 2. The highest BCUT2D eigenvalue weighted by atomic mass is 19.1. The molecule has 0 aromatic carbocycles. The van der Waals surface area contributed by atoms with Gasteiger partial charge in [0.1, 0.15) is 17.6 Å². The van der Waals surface area contributed by atoms with E-state index >= 15 is 0 Å². The summed E-state index contributed by atoms with van der Waals surface area (Å²) >= 11 is 0. The van der Waals surface area contributed by atoms with Gasteiger partial charge in [0.2, 0.25) is 5.91 Å². The zero-order valence-electron chi connectivity index (χ0n) is 15.5. The molecule has 3 aliphatic rings. The van der Waals surface area contributed by atoms with E-state index in [9.17, 15) is 14.0 Å². The number of hydrogen-bond acceptors (Lipinski definition) is 4. The van der Waals surface area contributed by atoms with Crippen LogP contribution >= 0.6 is 0 Å². The minimum absolute atomic E-state index is 0.0598. The van der Waals surface area contributed by atoms with Gasteiger partial charge < -0.3 is 14.5 Å². The van der Waals surface area contributed by atoms with Gasteiger partial charge in [0.15, 0.2) is 0 Å². The second kappa shape index (κ2) is 7.54. The van der Waals surface area contributed by atoms with Gasteiger partial charge in [0, 0.05) is 38.3 Å². The molecule has 0 aliphatic carbocycles. The fourth-order valence-electron chi connectivity index (χ4n) is 4.87. The van der Waals surface area contributed by atoms with Gasteiger partial charge in [-0.05, 0) is 50.7 Å². The largest absolute Gasteiger partial charge is 0.381 e. The number of pyridine rings is 1. The molecule has 6 nitrogen and oxygen atoms in total. The molecule has 146 valence electrons. The molecule has 1 aromatic rings. The van der Waals surface area contributed by atoms with Gasteiger partial charge in [0.05, 0.1) is 6.20 Å². The fourth-order valence-corrected chi connectivity index (χ4v) is 4.87. The number of piperidine rings is 1. The van der Waals surface area contributed by atoms with E-state index < -0.39 is 11.9 Å². The van der Waals surface area contributed by atoms with Crippen LogP contribution in [0.3, 0.4) is 0 Å². The summed E-state index contributed by atoms with van der Waals surface area (Å²) in [5.74, 6) is -0.696. The Kier molecular flexibility index (Phi) is 5.12. The maximum absolute atomic E-state index is 13.5. The topological polar surface area (TPSA) is 62.7 Å². The molecule has 3 saturated heterocycles. The standard InChI is InChI=1S/C20H26FN3O3/c21-15-4-5-16(22-14-15)18(25)24-11-3-6-20(7-12-27-13-8-20)17(24)19(26)23-9-1-2-10-23/h4-5,14,17H,1-3,6-13H2. The minimum Gasteiger partial charge on any atom is -0.381 e. The lowest BCUT2D eigenvalue weighted by atomic mass is 9.67. The van der Waals surface area contributed by atoms with Crippen molar-refractivity contribution in [2.75, 3.05) is 32.8 Å². The van der Waals surface area contributed by atoms with Crippen LogP contribution in [0.4, 0.5) is 4.39 Å². The second-order valence-corrected chi connectivity index (χ2v) is 7.87. The van der Waals surface area contributed by atoms with E-state index in [4.69, 9.17) is 4.74 Å². The van der Waals surface area contributed by atoms with Gasteiger partial charge in [0.25, 0.3) is 5.91 Å². The molecule has 7 heteroatoms. The summed E-state index contributed by atoms with van der Waals surface area (Å²) in [5.41, 5.74) is -0.0361. The Morgan fingerprint density at radius 2 is 1.81 bits per heavy atom. The maximum atomic E-state index is 13.5. The summed E-state index contributed by atoms with van der Waals surface area (Å²) in [4.78, 5) is 34.3. The molecule has 3 aliphatic heterocycles. The van der Waals surface area contributed by atoms with Crippen molar-refractivity contribution >= 4 is 11.8 Å². The van der Waals surface area contributed by atoms with Crippen LogP contribution in [-0.2, 0) is 9.53 Å². The van der Waals surface area contributed by atoms with Crippen molar-refractivity contribution in [3.8, 4) is 0 Å². The Bertz CT molecular complexity index is 691. The van der Waals surface area contributed by atoms with Crippen LogP contribution in [0.1, 0.15) is 49.0 Å². The van der Waals surface area contributed by atoms with E-state index in [1.54, 1.807) is 4.90 Å². The molecule has 27 heavy (non-hydrogen) atoms. The Morgan fingerprint density at radius 1 is 1.07 bits per heavy atom. The van der Waals surface area contributed by atoms with Crippen molar-refractivity contribution in [2.45, 2.75) is 44.6 Å². The molecule has 1 aromatic heterocycles. The predicted octanol–water partition coefficient (Wildman–Crippen LogP) is 2.24. The molecule has 0 bridgehead atoms. The third-order valence-electron chi connectivity index (χ3n) is 6.31. The Labute approximate surface area is 158 Å². The van der Waals surface area contributed by atoms with Gasteiger partial charge in [-0.1, -0.05) is 0 Å². The van der Waals surface area contributed by atoms with E-state index in [0.29, 0.717) is 19.8 Å². The van der Waals surface area contributed by atoms with Crippen molar-refractivity contribution in [3.63, 3.8) is 0 Å². The van der Waals surface area contributed by atoms with Crippen LogP contribution in [0.5, 0.6) is 0 Å². The lowest BCUT2D eigenvalue weighted by Gasteiger charge is -2.51. The summed E-state index contributed by atoms with van der Waals surface area (Å²) in [5, 5.41) is 0. The normalized spacial score (nSPS) is 25.0. The first-order chi connectivity index (χ1) is 13.1. The van der Waals surface area contributed by atoms with E-state index in [1.807, 2.05) is 4.90 Å². The summed E-state index contributed by atoms with van der Waals surface area (Å²) < 4.78 is 18.8. The lowest BCUT2D eigenvalue weighted by molar-refractivity contribution is -0.147. The molecule has 1 unspecified atom stereocenters. The molecule has 1 spiro atoms. The summed E-state index contributed by atoms with van der Waals surface area (Å²) in [6, 6.07) is 2.17. The van der Waals surface area contributed by atoms with Crippen LogP contribution in [0.2, 0.25) is 0 Å². The SMILES string of the molecule is O=C(C1N(C(=O)c2ccc(F)cn2)CCCC12CCOCC2)N1CCCC1. The quantitative estimate of drug-likeness (QED) is 0.795. The second-order valence-electron chi connectivity index (χ2n) is 7.87. The number of nitrogens with zero attached hydrogens (tertiary/aromatic N) is 3. The Balaban J connectivity index is 1.67. The first-order valence-electron chi connectivity index (χ1n) is 9.90. The highest BCUT2D eigenvalue weighted by Gasteiger charge is 2.52. The summed E-state index contributed by atoms with van der Waals surface area (Å²) in [7, 11) is 0. The first kappa shape index (κ1) is 18.3. The molecule has 1 atom stereocenters. The monoisotopic (exact) mass is 375 g/mol. The number of halogens is 1. The van der Waals surface area contributed by atoms with Crippen LogP contribution in [0.15, 0.2) is 18.3 Å². The number of amides is 2. The molecular weight excluding hydrogens is 349 g/mol. The number of ether oxygens (including phenoxy) is 1. The van der Waals surface area contributed by atoms with Gasteiger partial charge >= 0.3 is 0 Å². The van der Waals surface area contributed by atoms with Gasteiger partial charge in [-0.25, -0.2) is 9.37 Å². The zero-order chi connectivity index (χ0) is 18.9. The molecule has 3 fully saturated rings. The Hall–Kier alpha value is -2.02. The van der Waals surface area contributed by atoms with Crippen molar-refractivity contribution in [2.24, 2.45) is 5.41 Å². The molecule has 0 saturated carbocycles. The van der Waals surface area contributed by atoms with Crippen molar-refractivity contribution in [1.82, 2.24) is 14.8 Å². The average Bonchev–Trinajstić information content (AvgIpc) is 3.23. The summed E-state index contributed by atoms with van der Waals surface area (Å²) in [6.07, 6.45) is 6.45.